The maximum absolute atomic E-state index is 5.19. The van der Waals surface area contributed by atoms with Gasteiger partial charge in [-0.3, -0.25) is 0 Å². The zero-order valence-corrected chi connectivity index (χ0v) is 30.1. The first-order valence-corrected chi connectivity index (χ1v) is 18.8. The maximum atomic E-state index is 5.19. The summed E-state index contributed by atoms with van der Waals surface area (Å²) in [6.07, 6.45) is 8.80. The predicted octanol–water partition coefficient (Wildman–Crippen LogP) is 12.6. The van der Waals surface area contributed by atoms with Crippen LogP contribution in [-0.2, 0) is 0 Å². The van der Waals surface area contributed by atoms with E-state index in [1.807, 2.05) is 12.1 Å². The number of hydrogen-bond acceptors (Lipinski definition) is 4. The van der Waals surface area contributed by atoms with E-state index in [4.69, 9.17) is 15.0 Å². The number of aromatic nitrogens is 3. The lowest BCUT2D eigenvalue weighted by Gasteiger charge is -2.27. The summed E-state index contributed by atoms with van der Waals surface area (Å²) in [5, 5.41) is 0. The molecule has 4 nitrogen and oxygen atoms in total. The van der Waals surface area contributed by atoms with Gasteiger partial charge in [0.25, 0.3) is 0 Å². The zero-order chi connectivity index (χ0) is 36.6. The largest absolute Gasteiger partial charge is 0.302 e. The normalized spacial score (nSPS) is 15.5. The van der Waals surface area contributed by atoms with Crippen LogP contribution in [-0.4, -0.2) is 21.0 Å². The predicted molar refractivity (Wildman–Crippen MR) is 226 cm³/mol. The molecule has 8 aromatic rings. The molecule has 2 unspecified atom stereocenters. The maximum Gasteiger partial charge on any atom is 0.234 e. The molecule has 0 N–H and O–H groups in total. The third-order valence-corrected chi connectivity index (χ3v) is 10.7. The first-order valence-electron chi connectivity index (χ1n) is 18.8. The molecular formula is C51H36N4. The van der Waals surface area contributed by atoms with Gasteiger partial charge in [0, 0.05) is 22.7 Å². The first-order chi connectivity index (χ1) is 27.2. The van der Waals surface area contributed by atoms with Crippen molar-refractivity contribution < 1.29 is 0 Å². The molecule has 0 fully saturated rings. The van der Waals surface area contributed by atoms with E-state index in [0.29, 0.717) is 17.6 Å². The van der Waals surface area contributed by atoms with Crippen molar-refractivity contribution in [3.05, 3.63) is 212 Å². The summed E-state index contributed by atoms with van der Waals surface area (Å²) in [5.41, 5.74) is 13.7. The second kappa shape index (κ2) is 14.0. The van der Waals surface area contributed by atoms with Gasteiger partial charge < -0.3 is 4.90 Å². The average Bonchev–Trinajstić information content (AvgIpc) is 3.62. The van der Waals surface area contributed by atoms with Crippen molar-refractivity contribution in [1.82, 2.24) is 15.0 Å². The van der Waals surface area contributed by atoms with Gasteiger partial charge in [-0.05, 0) is 56.1 Å². The van der Waals surface area contributed by atoms with Crippen molar-refractivity contribution in [2.45, 2.75) is 12.0 Å². The summed E-state index contributed by atoms with van der Waals surface area (Å²) >= 11 is 0. The van der Waals surface area contributed by atoms with Crippen LogP contribution < -0.4 is 4.90 Å². The molecule has 1 aliphatic carbocycles. The molecule has 1 aromatic heterocycles. The SMILES string of the molecule is C1=CC2c3ccccc3N(c3nc(-c4ccc(-c5ccc(-c6ccccc6)cc5)cc4)nc(-c4ccc(-c5ccc(-c6ccccc6)cc5)cc4)n3)C2C=C1. The van der Waals surface area contributed by atoms with Crippen LogP contribution in [0.1, 0.15) is 11.5 Å². The van der Waals surface area contributed by atoms with Crippen molar-refractivity contribution in [3.63, 3.8) is 0 Å². The summed E-state index contributed by atoms with van der Waals surface area (Å²) < 4.78 is 0. The molecule has 2 atom stereocenters. The van der Waals surface area contributed by atoms with Gasteiger partial charge in [-0.15, -0.1) is 0 Å². The summed E-state index contributed by atoms with van der Waals surface area (Å²) in [7, 11) is 0. The molecule has 4 heteroatoms. The summed E-state index contributed by atoms with van der Waals surface area (Å²) in [5.74, 6) is 2.15. The van der Waals surface area contributed by atoms with Gasteiger partial charge in [0.1, 0.15) is 0 Å². The van der Waals surface area contributed by atoms with E-state index in [2.05, 4.69) is 199 Å². The monoisotopic (exact) mass is 704 g/mol. The number of allylic oxidation sites excluding steroid dienone is 2. The Morgan fingerprint density at radius 3 is 1.15 bits per heavy atom. The lowest BCUT2D eigenvalue weighted by atomic mass is 9.92. The number of fused-ring (bicyclic) bond motifs is 3. The highest BCUT2D eigenvalue weighted by atomic mass is 15.3. The Bertz CT molecular complexity index is 2520. The van der Waals surface area contributed by atoms with Crippen LogP contribution >= 0.6 is 0 Å². The third kappa shape index (κ3) is 6.24. The zero-order valence-electron chi connectivity index (χ0n) is 30.1. The number of hydrogen-bond donors (Lipinski definition) is 0. The Morgan fingerprint density at radius 1 is 0.327 bits per heavy atom. The Labute approximate surface area is 321 Å². The fourth-order valence-corrected chi connectivity index (χ4v) is 7.85. The van der Waals surface area contributed by atoms with Crippen molar-refractivity contribution in [2.75, 3.05) is 4.90 Å². The van der Waals surface area contributed by atoms with E-state index in [-0.39, 0.29) is 12.0 Å². The Kier molecular flexibility index (Phi) is 8.27. The lowest BCUT2D eigenvalue weighted by molar-refractivity contribution is 0.728. The average molecular weight is 705 g/mol. The molecule has 0 bridgehead atoms. The van der Waals surface area contributed by atoms with E-state index in [0.717, 1.165) is 39.1 Å². The minimum atomic E-state index is 0.0768. The number of anilines is 2. The number of para-hydroxylation sites is 1. The number of nitrogens with zero attached hydrogens (tertiary/aromatic N) is 4. The molecule has 2 aliphatic rings. The highest BCUT2D eigenvalue weighted by molar-refractivity contribution is 5.77. The molecule has 0 radical (unpaired) electrons. The molecule has 260 valence electrons. The van der Waals surface area contributed by atoms with E-state index in [1.165, 1.54) is 27.8 Å². The van der Waals surface area contributed by atoms with Gasteiger partial charge in [0.2, 0.25) is 5.95 Å². The summed E-state index contributed by atoms with van der Waals surface area (Å²) in [6, 6.07) is 64.2. The van der Waals surface area contributed by atoms with Gasteiger partial charge in [0.15, 0.2) is 11.6 Å². The molecule has 0 amide bonds. The summed E-state index contributed by atoms with van der Waals surface area (Å²) in [6.45, 7) is 0. The number of benzene rings is 7. The lowest BCUT2D eigenvalue weighted by Crippen LogP contribution is -2.30. The fourth-order valence-electron chi connectivity index (χ4n) is 7.85. The Hall–Kier alpha value is -7.17. The van der Waals surface area contributed by atoms with Gasteiger partial charge in [-0.25, -0.2) is 4.98 Å². The van der Waals surface area contributed by atoms with Crippen LogP contribution in [0.25, 0.3) is 67.3 Å². The van der Waals surface area contributed by atoms with Crippen LogP contribution in [0.15, 0.2) is 206 Å². The van der Waals surface area contributed by atoms with E-state index in [1.54, 1.807) is 0 Å². The number of rotatable bonds is 7. The van der Waals surface area contributed by atoms with Crippen molar-refractivity contribution in [2.24, 2.45) is 0 Å². The highest BCUT2D eigenvalue weighted by Gasteiger charge is 2.38. The van der Waals surface area contributed by atoms with Crippen LogP contribution in [0.5, 0.6) is 0 Å². The second-order valence-corrected chi connectivity index (χ2v) is 14.0. The molecule has 55 heavy (non-hydrogen) atoms. The Balaban J connectivity index is 1.01. The smallest absolute Gasteiger partial charge is 0.234 e. The Morgan fingerprint density at radius 2 is 0.691 bits per heavy atom. The minimum Gasteiger partial charge on any atom is -0.302 e. The molecule has 0 spiro atoms. The van der Waals surface area contributed by atoms with Gasteiger partial charge >= 0.3 is 0 Å². The highest BCUT2D eigenvalue weighted by Crippen LogP contribution is 2.47. The molecule has 2 heterocycles. The van der Waals surface area contributed by atoms with E-state index >= 15 is 0 Å². The van der Waals surface area contributed by atoms with Crippen molar-refractivity contribution >= 4 is 11.6 Å². The van der Waals surface area contributed by atoms with Crippen LogP contribution in [0.4, 0.5) is 11.6 Å². The molecule has 7 aromatic carbocycles. The molecule has 0 saturated carbocycles. The van der Waals surface area contributed by atoms with Crippen molar-refractivity contribution in [1.29, 1.82) is 0 Å². The summed E-state index contributed by atoms with van der Waals surface area (Å²) in [4.78, 5) is 17.8. The molecular weight excluding hydrogens is 669 g/mol. The van der Waals surface area contributed by atoms with Crippen molar-refractivity contribution in [3.8, 4) is 67.3 Å². The topological polar surface area (TPSA) is 41.9 Å². The minimum absolute atomic E-state index is 0.0768. The first kappa shape index (κ1) is 32.5. The van der Waals surface area contributed by atoms with Gasteiger partial charge in [-0.1, -0.05) is 200 Å². The molecule has 1 aliphatic heterocycles. The quantitative estimate of drug-likeness (QED) is 0.166. The standard InChI is InChI=1S/C51H36N4/c1-3-11-35(12-4-1)37-19-23-39(24-20-37)41-27-31-43(32-28-41)49-52-50(54-51(53-49)55-47-17-9-7-15-45(47)46-16-8-10-18-48(46)55)44-33-29-42(30-34-44)40-25-21-38(22-26-40)36-13-5-2-6-14-36/h1-34,45,47H. The van der Waals surface area contributed by atoms with E-state index < -0.39 is 0 Å². The van der Waals surface area contributed by atoms with Crippen LogP contribution in [0.2, 0.25) is 0 Å². The van der Waals surface area contributed by atoms with Crippen LogP contribution in [0, 0.1) is 0 Å². The van der Waals surface area contributed by atoms with Crippen LogP contribution in [0.3, 0.4) is 0 Å². The van der Waals surface area contributed by atoms with Gasteiger partial charge in [0.05, 0.1) is 6.04 Å². The third-order valence-electron chi connectivity index (χ3n) is 10.7. The molecule has 10 rings (SSSR count). The van der Waals surface area contributed by atoms with Gasteiger partial charge in [-0.2, -0.15) is 9.97 Å². The second-order valence-electron chi connectivity index (χ2n) is 14.0. The fraction of sp³-hybridized carbons (Fsp3) is 0.0392. The molecule has 0 saturated heterocycles. The van der Waals surface area contributed by atoms with E-state index in [9.17, 15) is 0 Å².